The molecule has 0 fully saturated rings. The fraction of sp³-hybridized carbons (Fsp3) is 0.571. The lowest BCUT2D eigenvalue weighted by atomic mass is 10.1. The number of thioether (sulfide) groups is 1. The van der Waals surface area contributed by atoms with Crippen LogP contribution < -0.4 is 5.32 Å². The molecule has 2 unspecified atom stereocenters. The van der Waals surface area contributed by atoms with E-state index in [4.69, 9.17) is 0 Å². The molecule has 0 aliphatic rings. The van der Waals surface area contributed by atoms with Crippen LogP contribution in [0.3, 0.4) is 0 Å². The maximum Gasteiger partial charge on any atom is 0.155 e. The maximum atomic E-state index is 4.49. The van der Waals surface area contributed by atoms with Crippen molar-refractivity contribution in [1.29, 1.82) is 0 Å². The summed E-state index contributed by atoms with van der Waals surface area (Å²) >= 11 is 1.86. The molecule has 2 aromatic rings. The summed E-state index contributed by atoms with van der Waals surface area (Å²) in [6.07, 6.45) is 4.10. The van der Waals surface area contributed by atoms with Gasteiger partial charge in [-0.15, -0.1) is 0 Å². The highest BCUT2D eigenvalue weighted by Gasteiger charge is 2.14. The molecule has 0 spiro atoms. The van der Waals surface area contributed by atoms with Gasteiger partial charge in [-0.3, -0.25) is 0 Å². The van der Waals surface area contributed by atoms with Gasteiger partial charge >= 0.3 is 0 Å². The van der Waals surface area contributed by atoms with Crippen molar-refractivity contribution in [3.8, 4) is 0 Å². The van der Waals surface area contributed by atoms with Crippen LogP contribution in [0.1, 0.15) is 36.8 Å². The second-order valence-electron chi connectivity index (χ2n) is 5.10. The van der Waals surface area contributed by atoms with Crippen molar-refractivity contribution in [2.24, 2.45) is 0 Å². The molecule has 0 bridgehead atoms. The Kier molecular flexibility index (Phi) is 4.47. The summed E-state index contributed by atoms with van der Waals surface area (Å²) in [4.78, 5) is 4.49. The molecule has 0 aromatic carbocycles. The standard InChI is InChI=1S/C14H22N4S/c1-9-6-14-15-7-13(12(4)18(14)17-9)11(3)16-10(2)8-19-5/h6-7,10-11,16H,8H2,1-5H3. The molecule has 0 amide bonds. The second kappa shape index (κ2) is 5.92. The third-order valence-corrected chi connectivity index (χ3v) is 4.14. The third kappa shape index (κ3) is 3.09. The van der Waals surface area contributed by atoms with Gasteiger partial charge in [-0.1, -0.05) is 0 Å². The molecular formula is C14H22N4S. The Morgan fingerprint density at radius 2 is 2.11 bits per heavy atom. The number of hydrogen-bond donors (Lipinski definition) is 1. The van der Waals surface area contributed by atoms with Gasteiger partial charge in [0.15, 0.2) is 5.65 Å². The zero-order valence-electron chi connectivity index (χ0n) is 12.3. The summed E-state index contributed by atoms with van der Waals surface area (Å²) in [7, 11) is 0. The Morgan fingerprint density at radius 3 is 2.79 bits per heavy atom. The summed E-state index contributed by atoms with van der Waals surface area (Å²) in [5, 5.41) is 8.10. The van der Waals surface area contributed by atoms with Crippen LogP contribution in [0.2, 0.25) is 0 Å². The van der Waals surface area contributed by atoms with E-state index < -0.39 is 0 Å². The van der Waals surface area contributed by atoms with Crippen molar-refractivity contribution in [2.75, 3.05) is 12.0 Å². The summed E-state index contributed by atoms with van der Waals surface area (Å²) in [6, 6.07) is 2.77. The van der Waals surface area contributed by atoms with Crippen molar-refractivity contribution in [3.05, 3.63) is 29.2 Å². The zero-order valence-corrected chi connectivity index (χ0v) is 13.1. The first kappa shape index (κ1) is 14.3. The van der Waals surface area contributed by atoms with E-state index in [1.807, 2.05) is 35.5 Å². The number of rotatable bonds is 5. The highest BCUT2D eigenvalue weighted by molar-refractivity contribution is 7.98. The van der Waals surface area contributed by atoms with E-state index in [1.165, 1.54) is 5.56 Å². The SMILES string of the molecule is CSCC(C)NC(C)c1cnc2cc(C)nn2c1C. The minimum absolute atomic E-state index is 0.281. The van der Waals surface area contributed by atoms with E-state index in [0.29, 0.717) is 6.04 Å². The van der Waals surface area contributed by atoms with Crippen LogP contribution in [0.5, 0.6) is 0 Å². The average molecular weight is 278 g/mol. The quantitative estimate of drug-likeness (QED) is 0.913. The molecule has 19 heavy (non-hydrogen) atoms. The fourth-order valence-electron chi connectivity index (χ4n) is 2.42. The van der Waals surface area contributed by atoms with Crippen molar-refractivity contribution >= 4 is 17.4 Å². The predicted molar refractivity (Wildman–Crippen MR) is 81.9 cm³/mol. The second-order valence-corrected chi connectivity index (χ2v) is 6.01. The van der Waals surface area contributed by atoms with Crippen LogP contribution in [0.15, 0.2) is 12.3 Å². The first-order chi connectivity index (χ1) is 9.02. The first-order valence-corrected chi connectivity index (χ1v) is 7.99. The molecule has 4 nitrogen and oxygen atoms in total. The smallest absolute Gasteiger partial charge is 0.155 e. The Bertz CT molecular complexity index is 564. The van der Waals surface area contributed by atoms with Gasteiger partial charge in [-0.2, -0.15) is 16.9 Å². The molecule has 5 heteroatoms. The summed E-state index contributed by atoms with van der Waals surface area (Å²) in [5.41, 5.74) is 4.30. The van der Waals surface area contributed by atoms with Crippen LogP contribution in [-0.2, 0) is 0 Å². The normalized spacial score (nSPS) is 14.8. The van der Waals surface area contributed by atoms with E-state index >= 15 is 0 Å². The number of fused-ring (bicyclic) bond motifs is 1. The van der Waals surface area contributed by atoms with Crippen LogP contribution >= 0.6 is 11.8 Å². The topological polar surface area (TPSA) is 42.2 Å². The number of aromatic nitrogens is 3. The number of nitrogens with zero attached hydrogens (tertiary/aromatic N) is 3. The monoisotopic (exact) mass is 278 g/mol. The Morgan fingerprint density at radius 1 is 1.37 bits per heavy atom. The molecule has 2 atom stereocenters. The van der Waals surface area contributed by atoms with Gasteiger partial charge in [0.1, 0.15) is 0 Å². The van der Waals surface area contributed by atoms with Crippen LogP contribution in [0, 0.1) is 13.8 Å². The van der Waals surface area contributed by atoms with Gasteiger partial charge in [0, 0.05) is 41.4 Å². The van der Waals surface area contributed by atoms with Crippen LogP contribution in [-0.4, -0.2) is 32.6 Å². The molecule has 2 aromatic heterocycles. The highest BCUT2D eigenvalue weighted by Crippen LogP contribution is 2.18. The van der Waals surface area contributed by atoms with E-state index in [-0.39, 0.29) is 6.04 Å². The van der Waals surface area contributed by atoms with E-state index in [2.05, 4.69) is 42.4 Å². The molecule has 0 saturated heterocycles. The minimum atomic E-state index is 0.281. The van der Waals surface area contributed by atoms with Crippen molar-refractivity contribution in [3.63, 3.8) is 0 Å². The summed E-state index contributed by atoms with van der Waals surface area (Å²) in [5.74, 6) is 1.11. The summed E-state index contributed by atoms with van der Waals surface area (Å²) in [6.45, 7) is 8.50. The third-order valence-electron chi connectivity index (χ3n) is 3.30. The molecule has 0 aliphatic heterocycles. The average Bonchev–Trinajstić information content (AvgIpc) is 2.71. The van der Waals surface area contributed by atoms with Gasteiger partial charge in [-0.05, 0) is 34.0 Å². The lowest BCUT2D eigenvalue weighted by Gasteiger charge is -2.21. The van der Waals surface area contributed by atoms with Gasteiger partial charge in [0.2, 0.25) is 0 Å². The lowest BCUT2D eigenvalue weighted by Crippen LogP contribution is -2.31. The fourth-order valence-corrected chi connectivity index (χ4v) is 3.01. The molecule has 1 N–H and O–H groups in total. The van der Waals surface area contributed by atoms with E-state index in [9.17, 15) is 0 Å². The first-order valence-electron chi connectivity index (χ1n) is 6.59. The number of hydrogen-bond acceptors (Lipinski definition) is 4. The molecule has 0 radical (unpaired) electrons. The zero-order chi connectivity index (χ0) is 14.0. The van der Waals surface area contributed by atoms with Crippen molar-refractivity contribution in [2.45, 2.75) is 39.8 Å². The van der Waals surface area contributed by atoms with E-state index in [0.717, 1.165) is 22.8 Å². The molecule has 2 rings (SSSR count). The van der Waals surface area contributed by atoms with Gasteiger partial charge in [-0.25, -0.2) is 9.50 Å². The lowest BCUT2D eigenvalue weighted by molar-refractivity contribution is 0.505. The van der Waals surface area contributed by atoms with Gasteiger partial charge in [0.25, 0.3) is 0 Å². The number of aryl methyl sites for hydroxylation is 2. The minimum Gasteiger partial charge on any atom is -0.307 e. The molecule has 0 saturated carbocycles. The Balaban J connectivity index is 2.26. The highest BCUT2D eigenvalue weighted by atomic mass is 32.2. The predicted octanol–water partition coefficient (Wildman–Crippen LogP) is 2.75. The molecule has 104 valence electrons. The van der Waals surface area contributed by atoms with Crippen molar-refractivity contribution < 1.29 is 0 Å². The van der Waals surface area contributed by atoms with Gasteiger partial charge in [0.05, 0.1) is 5.69 Å². The largest absolute Gasteiger partial charge is 0.307 e. The van der Waals surface area contributed by atoms with Crippen LogP contribution in [0.4, 0.5) is 0 Å². The van der Waals surface area contributed by atoms with Crippen molar-refractivity contribution in [1.82, 2.24) is 19.9 Å². The Hall–Kier alpha value is -1.07. The van der Waals surface area contributed by atoms with Crippen LogP contribution in [0.25, 0.3) is 5.65 Å². The van der Waals surface area contributed by atoms with E-state index in [1.54, 1.807) is 0 Å². The number of nitrogens with one attached hydrogen (secondary N) is 1. The summed E-state index contributed by atoms with van der Waals surface area (Å²) < 4.78 is 1.93. The maximum absolute atomic E-state index is 4.49. The molecular weight excluding hydrogens is 256 g/mol. The Labute approximate surface area is 119 Å². The molecule has 0 aliphatic carbocycles. The van der Waals surface area contributed by atoms with Gasteiger partial charge < -0.3 is 5.32 Å². The molecule has 2 heterocycles.